The predicted molar refractivity (Wildman–Crippen MR) is 247 cm³/mol. The van der Waals surface area contributed by atoms with E-state index in [1.807, 2.05) is 0 Å². The van der Waals surface area contributed by atoms with Crippen molar-refractivity contribution < 1.29 is 29.7 Å². The number of carboxylic acids is 3. The maximum atomic E-state index is 12.9. The highest BCUT2D eigenvalue weighted by molar-refractivity contribution is 5.74. The van der Waals surface area contributed by atoms with E-state index in [1.54, 1.807) is 0 Å². The van der Waals surface area contributed by atoms with Crippen molar-refractivity contribution >= 4 is 17.9 Å². The molecule has 58 heavy (non-hydrogen) atoms. The van der Waals surface area contributed by atoms with Gasteiger partial charge in [-0.1, -0.05) is 170 Å². The van der Waals surface area contributed by atoms with E-state index in [4.69, 9.17) is 10.2 Å². The number of carbonyl (C=O) groups is 3. The molecule has 0 saturated carbocycles. The molecule has 332 valence electrons. The van der Waals surface area contributed by atoms with Crippen LogP contribution < -0.4 is 0 Å². The summed E-state index contributed by atoms with van der Waals surface area (Å²) in [5.74, 6) is -2.00. The summed E-state index contributed by atoms with van der Waals surface area (Å²) in [6.07, 6.45) is 62.1. The third kappa shape index (κ3) is 39.7. The Morgan fingerprint density at radius 1 is 0.345 bits per heavy atom. The number of rotatable bonds is 44. The van der Waals surface area contributed by atoms with E-state index in [0.717, 1.165) is 167 Å². The fraction of sp³-hybridized carbons (Fsp3) is 0.712. The van der Waals surface area contributed by atoms with Crippen LogP contribution in [0.2, 0.25) is 0 Å². The Balaban J connectivity index is 4.63. The highest BCUT2D eigenvalue weighted by atomic mass is 16.4. The average Bonchev–Trinajstić information content (AvgIpc) is 3.19. The summed E-state index contributed by atoms with van der Waals surface area (Å²) in [7, 11) is 0. The molecule has 0 radical (unpaired) electrons. The fourth-order valence-electron chi connectivity index (χ4n) is 7.38. The van der Waals surface area contributed by atoms with Gasteiger partial charge >= 0.3 is 17.9 Å². The van der Waals surface area contributed by atoms with Gasteiger partial charge in [0.1, 0.15) is 0 Å². The van der Waals surface area contributed by atoms with Crippen LogP contribution in [0.3, 0.4) is 0 Å². The zero-order valence-electron chi connectivity index (χ0n) is 37.2. The summed E-state index contributed by atoms with van der Waals surface area (Å²) >= 11 is 0. The van der Waals surface area contributed by atoms with Crippen LogP contribution in [-0.4, -0.2) is 33.2 Å². The molecule has 0 aromatic carbocycles. The second-order valence-corrected chi connectivity index (χ2v) is 16.5. The van der Waals surface area contributed by atoms with Crippen LogP contribution in [0.1, 0.15) is 232 Å². The van der Waals surface area contributed by atoms with Crippen LogP contribution in [-0.2, 0) is 14.4 Å². The lowest BCUT2D eigenvalue weighted by molar-refractivity contribution is -0.150. The third-order valence-electron chi connectivity index (χ3n) is 11.1. The number of carboxylic acid groups (broad SMARTS) is 3. The molecule has 0 aliphatic heterocycles. The van der Waals surface area contributed by atoms with E-state index in [2.05, 4.69) is 79.8 Å². The largest absolute Gasteiger partial charge is 0.481 e. The molecule has 3 N–H and O–H groups in total. The van der Waals surface area contributed by atoms with E-state index < -0.39 is 23.3 Å². The minimum absolute atomic E-state index is 0.283. The van der Waals surface area contributed by atoms with Crippen LogP contribution >= 0.6 is 0 Å². The maximum Gasteiger partial charge on any atom is 0.309 e. The Bertz CT molecular complexity index is 1140. The van der Waals surface area contributed by atoms with Crippen LogP contribution in [0, 0.1) is 5.41 Å². The van der Waals surface area contributed by atoms with Crippen LogP contribution in [0.5, 0.6) is 0 Å². The van der Waals surface area contributed by atoms with Crippen molar-refractivity contribution in [2.75, 3.05) is 0 Å². The van der Waals surface area contributed by atoms with Gasteiger partial charge in [-0.25, -0.2) is 0 Å². The van der Waals surface area contributed by atoms with Crippen molar-refractivity contribution in [2.45, 2.75) is 232 Å². The van der Waals surface area contributed by atoms with Crippen molar-refractivity contribution in [3.8, 4) is 0 Å². The first-order valence-electron chi connectivity index (χ1n) is 23.9. The lowest BCUT2D eigenvalue weighted by Crippen LogP contribution is -2.31. The first-order chi connectivity index (χ1) is 28.3. The van der Waals surface area contributed by atoms with Gasteiger partial charge in [0.25, 0.3) is 0 Å². The van der Waals surface area contributed by atoms with Crippen molar-refractivity contribution in [1.29, 1.82) is 0 Å². The first-order valence-corrected chi connectivity index (χ1v) is 23.9. The van der Waals surface area contributed by atoms with Gasteiger partial charge in [0, 0.05) is 12.8 Å². The van der Waals surface area contributed by atoms with Crippen LogP contribution in [0.4, 0.5) is 0 Å². The van der Waals surface area contributed by atoms with Crippen LogP contribution in [0.15, 0.2) is 72.9 Å². The van der Waals surface area contributed by atoms with E-state index >= 15 is 0 Å². The number of allylic oxidation sites excluding steroid dienone is 12. The predicted octanol–water partition coefficient (Wildman–Crippen LogP) is 16.2. The first kappa shape index (κ1) is 54.9. The molecule has 0 saturated heterocycles. The Morgan fingerprint density at radius 3 is 1.00 bits per heavy atom. The molecule has 6 heteroatoms. The molecule has 0 aromatic heterocycles. The average molecular weight is 809 g/mol. The molecule has 0 aliphatic rings. The Labute approximate surface area is 356 Å². The number of hydrogen-bond donors (Lipinski definition) is 3. The molecule has 0 rings (SSSR count). The standard InChI is InChI=1S/C52H88O6/c1-2-3-4-5-6-7-8-9-16-21-26-31-36-41-46-52(51(57)58,48-43-38-33-28-23-18-13-15-20-25-30-35-40-45-50(55)56)47-42-37-32-27-22-17-12-10-11-14-19-24-29-34-39-44-49(53)54/h6-7,9-11,13,16-18,22,32,37H,2-5,8,12,14-15,19-21,23-31,33-36,38-48H2,1H3,(H,53,54)(H,55,56)(H,57,58)/b7-6-,11-10-,16-9-,18-13-,22-17-,37-32-. The van der Waals surface area contributed by atoms with Crippen molar-refractivity contribution in [1.82, 2.24) is 0 Å². The molecule has 0 heterocycles. The topological polar surface area (TPSA) is 112 Å². The van der Waals surface area contributed by atoms with Crippen LogP contribution in [0.25, 0.3) is 0 Å². The lowest BCUT2D eigenvalue weighted by Gasteiger charge is -2.29. The zero-order chi connectivity index (χ0) is 42.5. The zero-order valence-corrected chi connectivity index (χ0v) is 37.2. The van der Waals surface area contributed by atoms with Crippen molar-refractivity contribution in [3.05, 3.63) is 72.9 Å². The minimum Gasteiger partial charge on any atom is -0.481 e. The van der Waals surface area contributed by atoms with Gasteiger partial charge in [-0.2, -0.15) is 0 Å². The second-order valence-electron chi connectivity index (χ2n) is 16.5. The SMILES string of the molecule is CCCCC/C=C\C/C=C\CCCCCCC(CC/C=C\C/C=C\C/C=C\CCCCCCCC(=O)O)(CCCCCC/C=C\CCCCCCCC(=O)O)C(=O)O. The molecule has 6 nitrogen and oxygen atoms in total. The molecular formula is C52H88O6. The van der Waals surface area contributed by atoms with Crippen molar-refractivity contribution in [2.24, 2.45) is 5.41 Å². The minimum atomic E-state index is -0.698. The summed E-state index contributed by atoms with van der Waals surface area (Å²) in [4.78, 5) is 34.1. The van der Waals surface area contributed by atoms with Gasteiger partial charge in [0.2, 0.25) is 0 Å². The smallest absolute Gasteiger partial charge is 0.309 e. The molecule has 0 aromatic rings. The van der Waals surface area contributed by atoms with E-state index in [-0.39, 0.29) is 12.8 Å². The molecule has 1 unspecified atom stereocenters. The summed E-state index contributed by atoms with van der Waals surface area (Å²) < 4.78 is 0. The normalized spacial score (nSPS) is 13.4. The van der Waals surface area contributed by atoms with E-state index in [1.165, 1.54) is 38.5 Å². The van der Waals surface area contributed by atoms with Gasteiger partial charge in [0.05, 0.1) is 5.41 Å². The third-order valence-corrected chi connectivity index (χ3v) is 11.1. The number of hydrogen-bond acceptors (Lipinski definition) is 3. The maximum absolute atomic E-state index is 12.9. The second kappa shape index (κ2) is 43.4. The summed E-state index contributed by atoms with van der Waals surface area (Å²) in [6.45, 7) is 2.24. The highest BCUT2D eigenvalue weighted by Gasteiger charge is 2.36. The summed E-state index contributed by atoms with van der Waals surface area (Å²) in [5.41, 5.74) is -0.639. The fourth-order valence-corrected chi connectivity index (χ4v) is 7.38. The quantitative estimate of drug-likeness (QED) is 0.0417. The monoisotopic (exact) mass is 809 g/mol. The molecule has 0 bridgehead atoms. The van der Waals surface area contributed by atoms with Gasteiger partial charge < -0.3 is 15.3 Å². The van der Waals surface area contributed by atoms with Gasteiger partial charge in [-0.15, -0.1) is 0 Å². The Hall–Kier alpha value is -3.15. The Kier molecular flexibility index (Phi) is 41.1. The number of aliphatic carboxylic acids is 3. The highest BCUT2D eigenvalue weighted by Crippen LogP contribution is 2.37. The molecule has 0 amide bonds. The van der Waals surface area contributed by atoms with E-state index in [0.29, 0.717) is 6.42 Å². The number of unbranched alkanes of at least 4 members (excludes halogenated alkanes) is 21. The lowest BCUT2D eigenvalue weighted by atomic mass is 9.74. The summed E-state index contributed by atoms with van der Waals surface area (Å²) in [6, 6.07) is 0. The van der Waals surface area contributed by atoms with Gasteiger partial charge in [-0.3, -0.25) is 14.4 Å². The van der Waals surface area contributed by atoms with Crippen molar-refractivity contribution in [3.63, 3.8) is 0 Å². The summed E-state index contributed by atoms with van der Waals surface area (Å²) in [5, 5.41) is 28.0. The Morgan fingerprint density at radius 2 is 0.638 bits per heavy atom. The molecule has 0 fully saturated rings. The molecule has 0 aliphatic carbocycles. The molecular weight excluding hydrogens is 721 g/mol. The molecule has 0 spiro atoms. The van der Waals surface area contributed by atoms with Gasteiger partial charge in [-0.05, 0) is 122 Å². The van der Waals surface area contributed by atoms with E-state index in [9.17, 15) is 19.5 Å². The molecule has 1 atom stereocenters. The van der Waals surface area contributed by atoms with Gasteiger partial charge in [0.15, 0.2) is 0 Å².